The highest BCUT2D eigenvalue weighted by atomic mass is 16.5. The van der Waals surface area contributed by atoms with E-state index in [1.165, 1.54) is 25.7 Å². The molecular weight excluding hydrogens is 264 g/mol. The van der Waals surface area contributed by atoms with Crippen LogP contribution in [-0.2, 0) is 9.53 Å². The van der Waals surface area contributed by atoms with Gasteiger partial charge in [-0.05, 0) is 44.9 Å². The second-order valence-corrected chi connectivity index (χ2v) is 6.28. The van der Waals surface area contributed by atoms with Crippen LogP contribution in [0.4, 0.5) is 0 Å². The van der Waals surface area contributed by atoms with Gasteiger partial charge in [0.25, 0.3) is 0 Å². The predicted octanol–water partition coefficient (Wildman–Crippen LogP) is 2.49. The molecule has 4 heteroatoms. The predicted molar refractivity (Wildman–Crippen MR) is 85.3 cm³/mol. The molecule has 2 aliphatic rings. The number of carbonyl (C=O) groups excluding carboxylic acids is 1. The van der Waals surface area contributed by atoms with Gasteiger partial charge in [-0.2, -0.15) is 0 Å². The Morgan fingerprint density at radius 1 is 1.38 bits per heavy atom. The second-order valence-electron chi connectivity index (χ2n) is 6.28. The zero-order chi connectivity index (χ0) is 14.9. The number of likely N-dealkylation sites (tertiary alicyclic amines) is 1. The van der Waals surface area contributed by atoms with E-state index in [1.807, 2.05) is 0 Å². The molecule has 1 saturated heterocycles. The van der Waals surface area contributed by atoms with E-state index < -0.39 is 0 Å². The van der Waals surface area contributed by atoms with Crippen LogP contribution in [0.5, 0.6) is 0 Å². The fraction of sp³-hybridized carbons (Fsp3) is 0.824. The van der Waals surface area contributed by atoms with Crippen molar-refractivity contribution < 1.29 is 9.53 Å². The maximum Gasteiger partial charge on any atom is 0.246 e. The molecule has 1 heterocycles. The van der Waals surface area contributed by atoms with Gasteiger partial charge < -0.3 is 10.1 Å². The third-order valence-corrected chi connectivity index (χ3v) is 4.35. The highest BCUT2D eigenvalue weighted by Gasteiger charge is 2.21. The molecule has 1 N–H and O–H groups in total. The fourth-order valence-electron chi connectivity index (χ4n) is 3.15. The maximum atomic E-state index is 11.7. The van der Waals surface area contributed by atoms with Gasteiger partial charge in [0.05, 0.1) is 0 Å². The number of piperidine rings is 1. The van der Waals surface area contributed by atoms with E-state index in [1.54, 1.807) is 5.57 Å². The van der Waals surface area contributed by atoms with Crippen molar-refractivity contribution in [3.05, 3.63) is 11.6 Å². The normalized spacial score (nSPS) is 21.1. The van der Waals surface area contributed by atoms with Crippen molar-refractivity contribution >= 4 is 5.91 Å². The van der Waals surface area contributed by atoms with Crippen LogP contribution in [0.1, 0.15) is 51.9 Å². The van der Waals surface area contributed by atoms with E-state index >= 15 is 0 Å². The molecule has 0 aromatic rings. The summed E-state index contributed by atoms with van der Waals surface area (Å²) in [6.45, 7) is 6.26. The molecule has 0 bridgehead atoms. The van der Waals surface area contributed by atoms with E-state index in [-0.39, 0.29) is 12.5 Å². The van der Waals surface area contributed by atoms with Crippen molar-refractivity contribution in [1.82, 2.24) is 10.2 Å². The molecule has 0 aromatic carbocycles. The van der Waals surface area contributed by atoms with Crippen molar-refractivity contribution in [1.29, 1.82) is 0 Å². The van der Waals surface area contributed by atoms with E-state index in [9.17, 15) is 4.79 Å². The molecule has 1 amide bonds. The van der Waals surface area contributed by atoms with Crippen LogP contribution in [-0.4, -0.2) is 49.7 Å². The Morgan fingerprint density at radius 2 is 2.19 bits per heavy atom. The number of hydrogen-bond acceptors (Lipinski definition) is 3. The van der Waals surface area contributed by atoms with Gasteiger partial charge in [0.2, 0.25) is 5.91 Å². The minimum Gasteiger partial charge on any atom is -0.372 e. The van der Waals surface area contributed by atoms with Crippen LogP contribution in [0, 0.1) is 0 Å². The lowest BCUT2D eigenvalue weighted by Crippen LogP contribution is -2.46. The zero-order valence-corrected chi connectivity index (χ0v) is 13.4. The number of nitrogens with one attached hydrogen (secondary N) is 1. The average Bonchev–Trinajstić information content (AvgIpc) is 2.51. The Bertz CT molecular complexity index is 347. The number of nitrogens with zero attached hydrogens (tertiary/aromatic N) is 1. The highest BCUT2D eigenvalue weighted by molar-refractivity contribution is 5.77. The SMILES string of the molecule is CCCOCC(=O)NC1CCN(CC2=CCCCC2)CC1. The molecule has 1 fully saturated rings. The molecule has 120 valence electrons. The molecule has 0 unspecified atom stereocenters. The lowest BCUT2D eigenvalue weighted by atomic mass is 9.98. The smallest absolute Gasteiger partial charge is 0.246 e. The summed E-state index contributed by atoms with van der Waals surface area (Å²) >= 11 is 0. The number of amides is 1. The van der Waals surface area contributed by atoms with Gasteiger partial charge in [-0.25, -0.2) is 0 Å². The lowest BCUT2D eigenvalue weighted by molar-refractivity contribution is -0.126. The monoisotopic (exact) mass is 294 g/mol. The molecule has 2 rings (SSSR count). The van der Waals surface area contributed by atoms with Gasteiger partial charge in [-0.1, -0.05) is 18.6 Å². The average molecular weight is 294 g/mol. The van der Waals surface area contributed by atoms with Crippen LogP contribution >= 0.6 is 0 Å². The fourth-order valence-corrected chi connectivity index (χ4v) is 3.15. The van der Waals surface area contributed by atoms with Crippen LogP contribution in [0.15, 0.2) is 11.6 Å². The van der Waals surface area contributed by atoms with Crippen molar-refractivity contribution in [2.75, 3.05) is 32.8 Å². The summed E-state index contributed by atoms with van der Waals surface area (Å²) in [7, 11) is 0. The van der Waals surface area contributed by atoms with E-state index in [0.717, 1.165) is 38.9 Å². The Hall–Kier alpha value is -0.870. The first-order valence-corrected chi connectivity index (χ1v) is 8.55. The Labute approximate surface area is 128 Å². The van der Waals surface area contributed by atoms with Gasteiger partial charge in [-0.15, -0.1) is 0 Å². The van der Waals surface area contributed by atoms with Gasteiger partial charge >= 0.3 is 0 Å². The van der Waals surface area contributed by atoms with Crippen molar-refractivity contribution in [3.63, 3.8) is 0 Å². The Morgan fingerprint density at radius 3 is 2.86 bits per heavy atom. The molecule has 0 atom stereocenters. The van der Waals surface area contributed by atoms with E-state index in [2.05, 4.69) is 23.2 Å². The largest absolute Gasteiger partial charge is 0.372 e. The van der Waals surface area contributed by atoms with E-state index in [4.69, 9.17) is 4.74 Å². The minimum absolute atomic E-state index is 0.0388. The first-order chi connectivity index (χ1) is 10.3. The molecular formula is C17H30N2O2. The van der Waals surface area contributed by atoms with Gasteiger partial charge in [-0.3, -0.25) is 9.69 Å². The van der Waals surface area contributed by atoms with Gasteiger partial charge in [0.1, 0.15) is 6.61 Å². The molecule has 1 aliphatic carbocycles. The number of carbonyl (C=O) groups is 1. The number of allylic oxidation sites excluding steroid dienone is 1. The topological polar surface area (TPSA) is 41.6 Å². The standard InChI is InChI=1S/C17H30N2O2/c1-2-12-21-14-17(20)18-16-8-10-19(11-9-16)13-15-6-4-3-5-7-15/h6,16H,2-5,7-14H2,1H3,(H,18,20). The molecule has 1 aliphatic heterocycles. The Balaban J connectivity index is 1.61. The van der Waals surface area contributed by atoms with Crippen molar-refractivity contribution in [2.24, 2.45) is 0 Å². The molecule has 0 aromatic heterocycles. The molecule has 0 radical (unpaired) electrons. The van der Waals surface area contributed by atoms with Crippen LogP contribution < -0.4 is 5.32 Å². The third kappa shape index (κ3) is 6.18. The van der Waals surface area contributed by atoms with Crippen molar-refractivity contribution in [3.8, 4) is 0 Å². The van der Waals surface area contributed by atoms with Crippen molar-refractivity contribution in [2.45, 2.75) is 57.9 Å². The molecule has 21 heavy (non-hydrogen) atoms. The highest BCUT2D eigenvalue weighted by Crippen LogP contribution is 2.20. The quantitative estimate of drug-likeness (QED) is 0.579. The molecule has 4 nitrogen and oxygen atoms in total. The minimum atomic E-state index is 0.0388. The zero-order valence-electron chi connectivity index (χ0n) is 13.4. The van der Waals surface area contributed by atoms with Gasteiger partial charge in [0, 0.05) is 32.3 Å². The van der Waals surface area contributed by atoms with Crippen LogP contribution in [0.3, 0.4) is 0 Å². The summed E-state index contributed by atoms with van der Waals surface area (Å²) in [6.07, 6.45) is 10.8. The van der Waals surface area contributed by atoms with Crippen LogP contribution in [0.2, 0.25) is 0 Å². The number of rotatable bonds is 7. The summed E-state index contributed by atoms with van der Waals surface area (Å²) < 4.78 is 5.28. The summed E-state index contributed by atoms with van der Waals surface area (Å²) in [6, 6.07) is 0.333. The first kappa shape index (κ1) is 16.5. The van der Waals surface area contributed by atoms with Gasteiger partial charge in [0.15, 0.2) is 0 Å². The second kappa shape index (κ2) is 9.21. The maximum absolute atomic E-state index is 11.7. The number of hydrogen-bond donors (Lipinski definition) is 1. The number of ether oxygens (including phenoxy) is 1. The lowest BCUT2D eigenvalue weighted by Gasteiger charge is -2.33. The summed E-state index contributed by atoms with van der Waals surface area (Å²) in [4.78, 5) is 14.3. The van der Waals surface area contributed by atoms with E-state index in [0.29, 0.717) is 12.6 Å². The first-order valence-electron chi connectivity index (χ1n) is 8.55. The molecule has 0 spiro atoms. The summed E-state index contributed by atoms with van der Waals surface area (Å²) in [5.74, 6) is 0.0388. The van der Waals surface area contributed by atoms with Crippen LogP contribution in [0.25, 0.3) is 0 Å². The summed E-state index contributed by atoms with van der Waals surface area (Å²) in [5.41, 5.74) is 1.62. The Kier molecular flexibility index (Phi) is 7.24. The summed E-state index contributed by atoms with van der Waals surface area (Å²) in [5, 5.41) is 3.10. The third-order valence-electron chi connectivity index (χ3n) is 4.35. The molecule has 0 saturated carbocycles.